The highest BCUT2D eigenvalue weighted by Crippen LogP contribution is 2.29. The van der Waals surface area contributed by atoms with Crippen LogP contribution in [0.15, 0.2) is 59.8 Å². The first-order valence-electron chi connectivity index (χ1n) is 11.2. The minimum atomic E-state index is -0.598. The van der Waals surface area contributed by atoms with E-state index in [9.17, 15) is 9.59 Å². The fourth-order valence-electron chi connectivity index (χ4n) is 4.24. The number of hydrogen-bond acceptors (Lipinski definition) is 5. The minimum absolute atomic E-state index is 0.256. The van der Waals surface area contributed by atoms with Gasteiger partial charge in [0.05, 0.1) is 18.2 Å². The number of nitrogens with one attached hydrogen (secondary N) is 2. The molecular formula is C25H29ClN4O3. The van der Waals surface area contributed by atoms with Crippen molar-refractivity contribution in [3.8, 4) is 0 Å². The number of benzene rings is 2. The number of rotatable bonds is 6. The summed E-state index contributed by atoms with van der Waals surface area (Å²) in [6.07, 6.45) is 0. The molecule has 1 saturated heterocycles. The van der Waals surface area contributed by atoms with Crippen molar-refractivity contribution in [1.82, 2.24) is 15.5 Å². The Bertz CT molecular complexity index is 1030. The molecule has 2 aromatic carbocycles. The smallest absolute Gasteiger partial charge is 0.338 e. The highest BCUT2D eigenvalue weighted by atomic mass is 35.5. The van der Waals surface area contributed by atoms with Crippen molar-refractivity contribution in [3.63, 3.8) is 0 Å². The largest absolute Gasteiger partial charge is 0.463 e. The third kappa shape index (κ3) is 5.49. The second-order valence-corrected chi connectivity index (χ2v) is 8.73. The van der Waals surface area contributed by atoms with Gasteiger partial charge >= 0.3 is 12.0 Å². The third-order valence-corrected chi connectivity index (χ3v) is 6.26. The number of halogens is 1. The van der Waals surface area contributed by atoms with Crippen LogP contribution in [0.25, 0.3) is 0 Å². The van der Waals surface area contributed by atoms with Crippen LogP contribution in [0.4, 0.5) is 10.5 Å². The predicted octanol–water partition coefficient (Wildman–Crippen LogP) is 3.64. The maximum atomic E-state index is 12.9. The summed E-state index contributed by atoms with van der Waals surface area (Å²) < 4.78 is 5.36. The van der Waals surface area contributed by atoms with Crippen molar-refractivity contribution in [2.45, 2.75) is 19.9 Å². The molecule has 2 aliphatic rings. The van der Waals surface area contributed by atoms with E-state index in [0.717, 1.165) is 31.7 Å². The second-order valence-electron chi connectivity index (χ2n) is 8.29. The monoisotopic (exact) mass is 468 g/mol. The van der Waals surface area contributed by atoms with Gasteiger partial charge in [-0.2, -0.15) is 0 Å². The fourth-order valence-corrected chi connectivity index (χ4v) is 4.37. The molecule has 2 heterocycles. The highest BCUT2D eigenvalue weighted by Gasteiger charge is 2.34. The molecule has 33 heavy (non-hydrogen) atoms. The van der Waals surface area contributed by atoms with Crippen LogP contribution in [-0.2, 0) is 9.53 Å². The quantitative estimate of drug-likeness (QED) is 0.633. The summed E-state index contributed by atoms with van der Waals surface area (Å²) in [7, 11) is 0. The number of esters is 1. The number of nitrogens with zero attached hydrogens (tertiary/aromatic N) is 2. The lowest BCUT2D eigenvalue weighted by atomic mass is 9.95. The molecule has 0 aliphatic carbocycles. The summed E-state index contributed by atoms with van der Waals surface area (Å²) in [5, 5.41) is 6.31. The van der Waals surface area contributed by atoms with Crippen LogP contribution in [-0.4, -0.2) is 56.2 Å². The zero-order valence-electron chi connectivity index (χ0n) is 18.9. The van der Waals surface area contributed by atoms with Gasteiger partial charge in [0.25, 0.3) is 0 Å². The van der Waals surface area contributed by atoms with E-state index in [2.05, 4.69) is 51.6 Å². The van der Waals surface area contributed by atoms with Gasteiger partial charge in [-0.25, -0.2) is 9.59 Å². The van der Waals surface area contributed by atoms with Crippen molar-refractivity contribution >= 4 is 29.3 Å². The van der Waals surface area contributed by atoms with Gasteiger partial charge in [0.1, 0.15) is 0 Å². The molecule has 0 spiro atoms. The van der Waals surface area contributed by atoms with Crippen LogP contribution in [0.3, 0.4) is 0 Å². The van der Waals surface area contributed by atoms with E-state index in [-0.39, 0.29) is 12.6 Å². The van der Waals surface area contributed by atoms with Crippen molar-refractivity contribution in [2.24, 2.45) is 0 Å². The van der Waals surface area contributed by atoms with E-state index in [1.807, 2.05) is 12.1 Å². The topological polar surface area (TPSA) is 73.9 Å². The van der Waals surface area contributed by atoms with E-state index >= 15 is 0 Å². The summed E-state index contributed by atoms with van der Waals surface area (Å²) in [5.41, 5.74) is 4.25. The Kier molecular flexibility index (Phi) is 7.20. The lowest BCUT2D eigenvalue weighted by Crippen LogP contribution is -2.51. The van der Waals surface area contributed by atoms with Gasteiger partial charge in [-0.3, -0.25) is 4.90 Å². The van der Waals surface area contributed by atoms with Gasteiger partial charge in [-0.15, -0.1) is 0 Å². The van der Waals surface area contributed by atoms with Crippen molar-refractivity contribution in [3.05, 3.63) is 76.0 Å². The molecule has 4 rings (SSSR count). The Morgan fingerprint density at radius 2 is 1.73 bits per heavy atom. The molecule has 0 saturated carbocycles. The summed E-state index contributed by atoms with van der Waals surface area (Å²) in [5.74, 6) is -0.432. The Labute approximate surface area is 199 Å². The van der Waals surface area contributed by atoms with Crippen LogP contribution in [0.2, 0.25) is 5.02 Å². The molecule has 1 unspecified atom stereocenters. The van der Waals surface area contributed by atoms with Gasteiger partial charge in [0.2, 0.25) is 0 Å². The zero-order chi connectivity index (χ0) is 23.4. The first-order valence-corrected chi connectivity index (χ1v) is 11.6. The van der Waals surface area contributed by atoms with Crippen molar-refractivity contribution in [2.75, 3.05) is 44.2 Å². The molecule has 0 radical (unpaired) electrons. The molecule has 2 aromatic rings. The van der Waals surface area contributed by atoms with Crippen LogP contribution >= 0.6 is 11.6 Å². The summed E-state index contributed by atoms with van der Waals surface area (Å²) in [6.45, 7) is 7.97. The summed E-state index contributed by atoms with van der Waals surface area (Å²) in [6, 6.07) is 14.7. The molecule has 1 atom stereocenters. The molecule has 0 aromatic heterocycles. The van der Waals surface area contributed by atoms with Crippen molar-refractivity contribution < 1.29 is 14.3 Å². The lowest BCUT2D eigenvalue weighted by Gasteiger charge is -2.38. The summed E-state index contributed by atoms with van der Waals surface area (Å²) in [4.78, 5) is 30.1. The number of anilines is 1. The molecule has 2 aliphatic heterocycles. The molecular weight excluding hydrogens is 440 g/mol. The zero-order valence-corrected chi connectivity index (χ0v) is 19.7. The van der Waals surface area contributed by atoms with E-state index in [4.69, 9.17) is 16.3 Å². The van der Waals surface area contributed by atoms with Gasteiger partial charge in [0, 0.05) is 49.1 Å². The van der Waals surface area contributed by atoms with E-state index in [1.54, 1.807) is 19.1 Å². The Morgan fingerprint density at radius 1 is 1.06 bits per heavy atom. The normalized spacial score (nSPS) is 19.2. The average molecular weight is 469 g/mol. The molecule has 8 heteroatoms. The number of ether oxygens (including phenoxy) is 1. The van der Waals surface area contributed by atoms with E-state index in [1.165, 1.54) is 11.3 Å². The van der Waals surface area contributed by atoms with Gasteiger partial charge in [-0.05, 0) is 43.7 Å². The summed E-state index contributed by atoms with van der Waals surface area (Å²) >= 11 is 6.04. The number of urea groups is 1. The second kappa shape index (κ2) is 10.3. The number of carbonyl (C=O) groups excluding carboxylic acids is 2. The van der Waals surface area contributed by atoms with Crippen LogP contribution in [0, 0.1) is 6.92 Å². The van der Waals surface area contributed by atoms with Gasteiger partial charge in [-0.1, -0.05) is 41.4 Å². The number of hydrogen-bond donors (Lipinski definition) is 2. The first kappa shape index (κ1) is 23.1. The van der Waals surface area contributed by atoms with Gasteiger partial charge < -0.3 is 20.3 Å². The molecule has 7 nitrogen and oxygen atoms in total. The first-order chi connectivity index (χ1) is 15.9. The Morgan fingerprint density at radius 3 is 2.36 bits per heavy atom. The highest BCUT2D eigenvalue weighted by molar-refractivity contribution is 6.30. The Balaban J connectivity index is 1.54. The lowest BCUT2D eigenvalue weighted by molar-refractivity contribution is -0.139. The molecule has 2 amide bonds. The SMILES string of the molecule is CCOC(=O)C1=C(CN2CCN(c3ccc(C)cc3)CC2)NC(=O)NC1c1ccc(Cl)cc1. The van der Waals surface area contributed by atoms with Crippen LogP contribution in [0.5, 0.6) is 0 Å². The van der Waals surface area contributed by atoms with Crippen LogP contribution in [0.1, 0.15) is 24.1 Å². The number of amides is 2. The van der Waals surface area contributed by atoms with Gasteiger partial charge in [0.15, 0.2) is 0 Å². The molecule has 1 fully saturated rings. The van der Waals surface area contributed by atoms with E-state index < -0.39 is 12.0 Å². The number of carbonyl (C=O) groups is 2. The fraction of sp³-hybridized carbons (Fsp3) is 0.360. The average Bonchev–Trinajstić information content (AvgIpc) is 2.80. The van der Waals surface area contributed by atoms with E-state index in [0.29, 0.717) is 22.8 Å². The maximum Gasteiger partial charge on any atom is 0.338 e. The predicted molar refractivity (Wildman–Crippen MR) is 129 cm³/mol. The Hall–Kier alpha value is -3.03. The molecule has 174 valence electrons. The van der Waals surface area contributed by atoms with Crippen molar-refractivity contribution in [1.29, 1.82) is 0 Å². The third-order valence-electron chi connectivity index (χ3n) is 6.01. The molecule has 2 N–H and O–H groups in total. The molecule has 0 bridgehead atoms. The number of aryl methyl sites for hydroxylation is 1. The van der Waals surface area contributed by atoms with Crippen LogP contribution < -0.4 is 15.5 Å². The number of piperazine rings is 1. The minimum Gasteiger partial charge on any atom is -0.463 e. The standard InChI is InChI=1S/C25H29ClN4O3/c1-3-33-24(31)22-21(27-25(32)28-23(22)18-6-8-19(26)9-7-18)16-29-12-14-30(15-13-29)20-10-4-17(2)5-11-20/h4-11,23H,3,12-16H2,1-2H3,(H2,27,28,32). The maximum absolute atomic E-state index is 12.9.